The Balaban J connectivity index is 1.97. The maximum absolute atomic E-state index is 13.0. The highest BCUT2D eigenvalue weighted by Crippen LogP contribution is 2.11. The molecule has 0 amide bonds. The van der Waals surface area contributed by atoms with Gasteiger partial charge < -0.3 is 4.74 Å². The van der Waals surface area contributed by atoms with E-state index in [-0.39, 0.29) is 11.9 Å². The van der Waals surface area contributed by atoms with E-state index in [2.05, 4.69) is 11.0 Å². The van der Waals surface area contributed by atoms with E-state index in [9.17, 15) is 4.39 Å². The third kappa shape index (κ3) is 2.78. The van der Waals surface area contributed by atoms with Crippen molar-refractivity contribution in [2.75, 3.05) is 19.7 Å². The average Bonchev–Trinajstić information content (AvgIpc) is 2.29. The van der Waals surface area contributed by atoms with Crippen LogP contribution in [0.4, 0.5) is 4.39 Å². The molecule has 4 heteroatoms. The minimum absolute atomic E-state index is 0.220. The number of benzene rings is 1. The van der Waals surface area contributed by atoms with Crippen LogP contribution in [0.15, 0.2) is 24.3 Å². The molecule has 0 saturated carbocycles. The lowest BCUT2D eigenvalue weighted by Gasteiger charge is -2.29. The molecular formula is C12H13FN2O. The first-order chi connectivity index (χ1) is 7.78. The van der Waals surface area contributed by atoms with Gasteiger partial charge in [0.15, 0.2) is 6.10 Å². The fourth-order valence-electron chi connectivity index (χ4n) is 1.82. The van der Waals surface area contributed by atoms with Gasteiger partial charge in [-0.15, -0.1) is 0 Å². The zero-order valence-corrected chi connectivity index (χ0v) is 8.90. The van der Waals surface area contributed by atoms with Gasteiger partial charge in [0.05, 0.1) is 12.7 Å². The molecule has 16 heavy (non-hydrogen) atoms. The molecule has 1 aromatic rings. The second-order valence-electron chi connectivity index (χ2n) is 3.85. The second-order valence-corrected chi connectivity index (χ2v) is 3.85. The van der Waals surface area contributed by atoms with Crippen molar-refractivity contribution in [1.82, 2.24) is 4.90 Å². The lowest BCUT2D eigenvalue weighted by Crippen LogP contribution is -2.41. The minimum Gasteiger partial charge on any atom is -0.361 e. The highest BCUT2D eigenvalue weighted by atomic mass is 19.1. The van der Waals surface area contributed by atoms with Gasteiger partial charge >= 0.3 is 0 Å². The standard InChI is InChI=1S/C12H13FN2O/c13-11-3-1-2-10(6-11)8-15-4-5-16-12(7-14)9-15/h1-3,6,12H,4-5,8-9H2/t12-/m0/s1. The molecule has 1 aliphatic heterocycles. The maximum atomic E-state index is 13.0. The summed E-state index contributed by atoms with van der Waals surface area (Å²) in [5.41, 5.74) is 0.929. The lowest BCUT2D eigenvalue weighted by atomic mass is 10.2. The van der Waals surface area contributed by atoms with Crippen molar-refractivity contribution in [2.45, 2.75) is 12.6 Å². The molecule has 0 aliphatic carbocycles. The Bertz CT molecular complexity index is 402. The number of morpholine rings is 1. The Morgan fingerprint density at radius 2 is 2.44 bits per heavy atom. The fourth-order valence-corrected chi connectivity index (χ4v) is 1.82. The van der Waals surface area contributed by atoms with E-state index in [0.717, 1.165) is 12.1 Å². The van der Waals surface area contributed by atoms with Crippen LogP contribution >= 0.6 is 0 Å². The van der Waals surface area contributed by atoms with Crippen molar-refractivity contribution in [3.05, 3.63) is 35.6 Å². The van der Waals surface area contributed by atoms with Crippen LogP contribution in [0.3, 0.4) is 0 Å². The highest BCUT2D eigenvalue weighted by molar-refractivity contribution is 5.16. The molecular weight excluding hydrogens is 207 g/mol. The summed E-state index contributed by atoms with van der Waals surface area (Å²) in [6, 6.07) is 8.64. The molecule has 0 aromatic heterocycles. The molecule has 1 aromatic carbocycles. The smallest absolute Gasteiger partial charge is 0.156 e. The predicted molar refractivity (Wildman–Crippen MR) is 57.0 cm³/mol. The summed E-state index contributed by atoms with van der Waals surface area (Å²) in [6.45, 7) is 2.61. The van der Waals surface area contributed by atoms with Crippen molar-refractivity contribution in [3.8, 4) is 6.07 Å². The largest absolute Gasteiger partial charge is 0.361 e. The first kappa shape index (κ1) is 11.1. The monoisotopic (exact) mass is 220 g/mol. The topological polar surface area (TPSA) is 36.3 Å². The summed E-state index contributed by atoms with van der Waals surface area (Å²) in [5.74, 6) is -0.220. The summed E-state index contributed by atoms with van der Waals surface area (Å²) in [5, 5.41) is 8.76. The minimum atomic E-state index is -0.359. The molecule has 1 atom stereocenters. The van der Waals surface area contributed by atoms with Gasteiger partial charge in [0, 0.05) is 19.6 Å². The summed E-state index contributed by atoms with van der Waals surface area (Å²) in [7, 11) is 0. The van der Waals surface area contributed by atoms with E-state index in [4.69, 9.17) is 10.00 Å². The van der Waals surface area contributed by atoms with Crippen LogP contribution < -0.4 is 0 Å². The third-order valence-corrected chi connectivity index (χ3v) is 2.59. The molecule has 1 heterocycles. The van der Waals surface area contributed by atoms with E-state index in [0.29, 0.717) is 19.7 Å². The second kappa shape index (κ2) is 5.06. The van der Waals surface area contributed by atoms with Gasteiger partial charge in [0.2, 0.25) is 0 Å². The van der Waals surface area contributed by atoms with Gasteiger partial charge in [-0.05, 0) is 17.7 Å². The Labute approximate surface area is 94.0 Å². The van der Waals surface area contributed by atoms with Gasteiger partial charge in [0.25, 0.3) is 0 Å². The van der Waals surface area contributed by atoms with E-state index < -0.39 is 0 Å². The van der Waals surface area contributed by atoms with Gasteiger partial charge in [-0.25, -0.2) is 4.39 Å². The van der Waals surface area contributed by atoms with Crippen LogP contribution in [0.5, 0.6) is 0 Å². The Hall–Kier alpha value is -1.44. The molecule has 0 radical (unpaired) electrons. The molecule has 84 valence electrons. The average molecular weight is 220 g/mol. The van der Waals surface area contributed by atoms with Crippen LogP contribution in [-0.2, 0) is 11.3 Å². The molecule has 0 bridgehead atoms. The number of halogens is 1. The number of rotatable bonds is 2. The molecule has 0 spiro atoms. The van der Waals surface area contributed by atoms with Crippen LogP contribution in [0.25, 0.3) is 0 Å². The Kier molecular flexibility index (Phi) is 3.50. The van der Waals surface area contributed by atoms with Crippen molar-refractivity contribution < 1.29 is 9.13 Å². The summed E-state index contributed by atoms with van der Waals surface area (Å²) in [4.78, 5) is 2.10. The zero-order chi connectivity index (χ0) is 11.4. The van der Waals surface area contributed by atoms with E-state index in [1.165, 1.54) is 12.1 Å². The SMILES string of the molecule is N#C[C@H]1CN(Cc2cccc(F)c2)CCO1. The number of hydrogen-bond acceptors (Lipinski definition) is 3. The first-order valence-corrected chi connectivity index (χ1v) is 5.26. The van der Waals surface area contributed by atoms with Crippen LogP contribution in [0.1, 0.15) is 5.56 Å². The molecule has 3 nitrogen and oxygen atoms in total. The molecule has 1 fully saturated rings. The highest BCUT2D eigenvalue weighted by Gasteiger charge is 2.19. The summed E-state index contributed by atoms with van der Waals surface area (Å²) in [6.07, 6.45) is -0.359. The summed E-state index contributed by atoms with van der Waals surface area (Å²) >= 11 is 0. The van der Waals surface area contributed by atoms with E-state index in [1.54, 1.807) is 6.07 Å². The van der Waals surface area contributed by atoms with Gasteiger partial charge in [0.1, 0.15) is 5.82 Å². The maximum Gasteiger partial charge on any atom is 0.156 e. The Morgan fingerprint density at radius 1 is 1.56 bits per heavy atom. The third-order valence-electron chi connectivity index (χ3n) is 2.59. The molecule has 1 saturated heterocycles. The van der Waals surface area contributed by atoms with Crippen molar-refractivity contribution in [2.24, 2.45) is 0 Å². The quantitative estimate of drug-likeness (QED) is 0.758. The zero-order valence-electron chi connectivity index (χ0n) is 8.90. The summed E-state index contributed by atoms with van der Waals surface area (Å²) < 4.78 is 18.2. The predicted octanol–water partition coefficient (Wildman–Crippen LogP) is 1.55. The van der Waals surface area contributed by atoms with Crippen LogP contribution in [0, 0.1) is 17.1 Å². The van der Waals surface area contributed by atoms with Crippen LogP contribution in [0.2, 0.25) is 0 Å². The normalized spacial score (nSPS) is 21.6. The molecule has 0 N–H and O–H groups in total. The van der Waals surface area contributed by atoms with Crippen molar-refractivity contribution in [3.63, 3.8) is 0 Å². The van der Waals surface area contributed by atoms with Gasteiger partial charge in [-0.3, -0.25) is 4.90 Å². The number of hydrogen-bond donors (Lipinski definition) is 0. The van der Waals surface area contributed by atoms with Gasteiger partial charge in [-0.1, -0.05) is 12.1 Å². The Morgan fingerprint density at radius 3 is 3.19 bits per heavy atom. The van der Waals surface area contributed by atoms with Crippen molar-refractivity contribution >= 4 is 0 Å². The number of nitriles is 1. The van der Waals surface area contributed by atoms with Gasteiger partial charge in [-0.2, -0.15) is 5.26 Å². The molecule has 1 aliphatic rings. The van der Waals surface area contributed by atoms with E-state index >= 15 is 0 Å². The molecule has 0 unspecified atom stereocenters. The lowest BCUT2D eigenvalue weighted by molar-refractivity contribution is -0.00271. The van der Waals surface area contributed by atoms with E-state index in [1.807, 2.05) is 6.07 Å². The fraction of sp³-hybridized carbons (Fsp3) is 0.417. The van der Waals surface area contributed by atoms with Crippen molar-refractivity contribution in [1.29, 1.82) is 5.26 Å². The number of ether oxygens (including phenoxy) is 1. The van der Waals surface area contributed by atoms with Crippen LogP contribution in [-0.4, -0.2) is 30.7 Å². The molecule has 2 rings (SSSR count). The number of nitrogens with zero attached hydrogens (tertiary/aromatic N) is 2. The first-order valence-electron chi connectivity index (χ1n) is 5.26.